The third-order valence-corrected chi connectivity index (χ3v) is 7.07. The smallest absolute Gasteiger partial charge is 0.387 e. The number of hydrogen-bond acceptors (Lipinski definition) is 7. The molecule has 0 bridgehead atoms. The molecule has 2 atom stereocenters. The lowest BCUT2D eigenvalue weighted by atomic mass is 9.71. The Morgan fingerprint density at radius 1 is 1.44 bits per heavy atom. The van der Waals surface area contributed by atoms with Crippen LogP contribution in [0.4, 0.5) is 8.78 Å². The SMILES string of the molecule is CCO[C@@]1(C(=O)O)C[C@@H](C(C)(C)C)CN(Cc2cnc(-c3cc(C#N)ccc3OC(F)F)s2)C1. The number of aromatic nitrogens is 1. The van der Waals surface area contributed by atoms with Crippen LogP contribution in [0.2, 0.25) is 0 Å². The van der Waals surface area contributed by atoms with Crippen LogP contribution in [0.15, 0.2) is 24.4 Å². The van der Waals surface area contributed by atoms with E-state index in [0.717, 1.165) is 4.88 Å². The molecule has 3 rings (SSSR count). The van der Waals surface area contributed by atoms with Gasteiger partial charge in [-0.3, -0.25) is 4.90 Å². The van der Waals surface area contributed by atoms with Gasteiger partial charge in [-0.25, -0.2) is 9.78 Å². The summed E-state index contributed by atoms with van der Waals surface area (Å²) >= 11 is 1.30. The second kappa shape index (κ2) is 10.3. The molecule has 10 heteroatoms. The highest BCUT2D eigenvalue weighted by molar-refractivity contribution is 7.15. The Labute approximate surface area is 201 Å². The molecule has 2 aromatic rings. The number of piperidine rings is 1. The van der Waals surface area contributed by atoms with E-state index in [0.29, 0.717) is 42.3 Å². The molecule has 1 saturated heterocycles. The molecule has 34 heavy (non-hydrogen) atoms. The number of alkyl halides is 2. The molecule has 0 amide bonds. The zero-order valence-electron chi connectivity index (χ0n) is 19.7. The summed E-state index contributed by atoms with van der Waals surface area (Å²) in [7, 11) is 0. The van der Waals surface area contributed by atoms with Crippen molar-refractivity contribution in [2.45, 2.75) is 52.9 Å². The molecule has 1 aromatic heterocycles. The fraction of sp³-hybridized carbons (Fsp3) is 0.542. The lowest BCUT2D eigenvalue weighted by Gasteiger charge is -2.47. The van der Waals surface area contributed by atoms with Crippen molar-refractivity contribution in [2.75, 3.05) is 19.7 Å². The third kappa shape index (κ3) is 5.90. The Bertz CT molecular complexity index is 1060. The molecule has 1 aromatic carbocycles. The number of carboxylic acids is 1. The first-order valence-corrected chi connectivity index (χ1v) is 11.8. The van der Waals surface area contributed by atoms with E-state index in [1.165, 1.54) is 29.5 Å². The number of halogens is 2. The Morgan fingerprint density at radius 2 is 2.18 bits per heavy atom. The van der Waals surface area contributed by atoms with Crippen LogP contribution in [0.5, 0.6) is 5.75 Å². The molecule has 184 valence electrons. The molecule has 1 aliphatic rings. The molecule has 0 spiro atoms. The van der Waals surface area contributed by atoms with Crippen LogP contribution in [0.3, 0.4) is 0 Å². The fourth-order valence-electron chi connectivity index (χ4n) is 4.25. The predicted molar refractivity (Wildman–Crippen MR) is 124 cm³/mol. The lowest BCUT2D eigenvalue weighted by Crippen LogP contribution is -2.59. The van der Waals surface area contributed by atoms with Crippen LogP contribution in [-0.4, -0.2) is 52.9 Å². The summed E-state index contributed by atoms with van der Waals surface area (Å²) in [4.78, 5) is 19.5. The number of carbonyl (C=O) groups is 1. The summed E-state index contributed by atoms with van der Waals surface area (Å²) in [6, 6.07) is 6.22. The Morgan fingerprint density at radius 3 is 2.76 bits per heavy atom. The highest BCUT2D eigenvalue weighted by Gasteiger charge is 2.49. The third-order valence-electron chi connectivity index (χ3n) is 6.06. The maximum atomic E-state index is 12.9. The van der Waals surface area contributed by atoms with Crippen LogP contribution >= 0.6 is 11.3 Å². The van der Waals surface area contributed by atoms with Gasteiger partial charge >= 0.3 is 12.6 Å². The molecule has 2 heterocycles. The molecule has 0 radical (unpaired) electrons. The number of nitrogens with zero attached hydrogens (tertiary/aromatic N) is 3. The van der Waals surface area contributed by atoms with Crippen molar-refractivity contribution in [2.24, 2.45) is 11.3 Å². The van der Waals surface area contributed by atoms with Crippen molar-refractivity contribution in [3.63, 3.8) is 0 Å². The monoisotopic (exact) mass is 493 g/mol. The largest absolute Gasteiger partial charge is 0.479 e. The van der Waals surface area contributed by atoms with Crippen LogP contribution in [0, 0.1) is 22.7 Å². The molecule has 0 saturated carbocycles. The van der Waals surface area contributed by atoms with Gasteiger partial charge in [0.25, 0.3) is 0 Å². The summed E-state index contributed by atoms with van der Waals surface area (Å²) in [6.07, 6.45) is 2.08. The van der Waals surface area contributed by atoms with Crippen LogP contribution in [0.1, 0.15) is 44.6 Å². The highest BCUT2D eigenvalue weighted by Crippen LogP contribution is 2.40. The van der Waals surface area contributed by atoms with Gasteiger partial charge in [-0.2, -0.15) is 14.0 Å². The number of aliphatic carboxylic acids is 1. The maximum absolute atomic E-state index is 12.9. The molecule has 7 nitrogen and oxygen atoms in total. The van der Waals surface area contributed by atoms with Gasteiger partial charge in [0, 0.05) is 37.3 Å². The molecule has 0 aliphatic carbocycles. The number of carboxylic acid groups (broad SMARTS) is 1. The first-order chi connectivity index (χ1) is 16.0. The fourth-order valence-corrected chi connectivity index (χ4v) is 5.23. The van der Waals surface area contributed by atoms with Crippen molar-refractivity contribution in [3.8, 4) is 22.4 Å². The molecule has 1 N–H and O–H groups in total. The van der Waals surface area contributed by atoms with Gasteiger partial charge in [0.05, 0.1) is 17.2 Å². The van der Waals surface area contributed by atoms with E-state index >= 15 is 0 Å². The molecule has 1 aliphatic heterocycles. The summed E-state index contributed by atoms with van der Waals surface area (Å²) in [5, 5.41) is 19.7. The molecular formula is C24H29F2N3O4S. The van der Waals surface area contributed by atoms with Gasteiger partial charge in [-0.05, 0) is 42.9 Å². The molecular weight excluding hydrogens is 464 g/mol. The molecule has 1 fully saturated rings. The summed E-state index contributed by atoms with van der Waals surface area (Å²) in [5.41, 5.74) is -0.789. The van der Waals surface area contributed by atoms with Crippen molar-refractivity contribution in [1.82, 2.24) is 9.88 Å². The maximum Gasteiger partial charge on any atom is 0.387 e. The zero-order chi connectivity index (χ0) is 25.1. The minimum atomic E-state index is -3.00. The lowest BCUT2D eigenvalue weighted by molar-refractivity contribution is -0.180. The number of hydrogen-bond donors (Lipinski definition) is 1. The van der Waals surface area contributed by atoms with E-state index in [1.807, 2.05) is 6.07 Å². The predicted octanol–water partition coefficient (Wildman–Crippen LogP) is 5.01. The van der Waals surface area contributed by atoms with Crippen molar-refractivity contribution >= 4 is 17.3 Å². The average Bonchev–Trinajstić information content (AvgIpc) is 3.21. The van der Waals surface area contributed by atoms with Gasteiger partial charge in [-0.1, -0.05) is 20.8 Å². The highest BCUT2D eigenvalue weighted by atomic mass is 32.1. The standard InChI is InChI=1S/C24H29F2N3O4S/c1-5-32-24(21(30)31)9-16(23(2,3)4)12-29(14-24)13-17-11-28-20(34-17)18-8-15(10-27)6-7-19(18)33-22(25)26/h6-8,11,16,22H,5,9,12-14H2,1-4H3,(H,30,31)/t16-,24+/m1/s1. The topological polar surface area (TPSA) is 95.7 Å². The van der Waals surface area contributed by atoms with Gasteiger partial charge < -0.3 is 14.6 Å². The van der Waals surface area contributed by atoms with Crippen LogP contribution in [-0.2, 0) is 16.1 Å². The quantitative estimate of drug-likeness (QED) is 0.552. The van der Waals surface area contributed by atoms with Crippen LogP contribution in [0.25, 0.3) is 10.6 Å². The average molecular weight is 494 g/mol. The minimum Gasteiger partial charge on any atom is -0.479 e. The van der Waals surface area contributed by atoms with E-state index in [9.17, 15) is 23.9 Å². The number of ether oxygens (including phenoxy) is 2. The van der Waals surface area contributed by atoms with Crippen molar-refractivity contribution in [1.29, 1.82) is 5.26 Å². The molecule has 0 unspecified atom stereocenters. The van der Waals surface area contributed by atoms with Crippen molar-refractivity contribution < 1.29 is 28.2 Å². The van der Waals surface area contributed by atoms with Gasteiger partial charge in [-0.15, -0.1) is 11.3 Å². The van der Waals surface area contributed by atoms with Gasteiger partial charge in [0.15, 0.2) is 5.60 Å². The Hall–Kier alpha value is -2.61. The zero-order valence-corrected chi connectivity index (χ0v) is 20.5. The van der Waals surface area contributed by atoms with E-state index in [2.05, 4.69) is 35.4 Å². The Kier molecular flexibility index (Phi) is 7.91. The Balaban J connectivity index is 1.89. The summed E-state index contributed by atoms with van der Waals surface area (Å²) in [6.45, 7) is 6.74. The number of nitriles is 1. The van der Waals surface area contributed by atoms with E-state index < -0.39 is 18.2 Å². The van der Waals surface area contributed by atoms with E-state index in [1.54, 1.807) is 13.1 Å². The summed E-state index contributed by atoms with van der Waals surface area (Å²) < 4.78 is 36.2. The minimum absolute atomic E-state index is 0.0538. The normalized spacial score (nSPS) is 21.4. The number of rotatable bonds is 8. The van der Waals surface area contributed by atoms with E-state index in [-0.39, 0.29) is 23.6 Å². The van der Waals surface area contributed by atoms with Crippen molar-refractivity contribution in [3.05, 3.63) is 34.8 Å². The first kappa shape index (κ1) is 26.0. The van der Waals surface area contributed by atoms with Crippen LogP contribution < -0.4 is 4.74 Å². The number of likely N-dealkylation sites (tertiary alicyclic amines) is 1. The number of benzene rings is 1. The first-order valence-electron chi connectivity index (χ1n) is 11.0. The van der Waals surface area contributed by atoms with Gasteiger partial charge in [0.2, 0.25) is 0 Å². The number of thiazole rings is 1. The second-order valence-corrected chi connectivity index (χ2v) is 10.6. The second-order valence-electron chi connectivity index (χ2n) is 9.50. The summed E-state index contributed by atoms with van der Waals surface area (Å²) in [5.74, 6) is -0.933. The van der Waals surface area contributed by atoms with Gasteiger partial charge in [0.1, 0.15) is 10.8 Å². The van der Waals surface area contributed by atoms with E-state index in [4.69, 9.17) is 4.74 Å².